The highest BCUT2D eigenvalue weighted by Crippen LogP contribution is 2.35. The first kappa shape index (κ1) is 28.3. The Morgan fingerprint density at radius 1 is 0.971 bits per heavy atom. The third kappa shape index (κ3) is 5.99. The first-order chi connectivity index (χ1) is 15.2. The summed E-state index contributed by atoms with van der Waals surface area (Å²) < 4.78 is 11.0. The van der Waals surface area contributed by atoms with Gasteiger partial charge < -0.3 is 24.8 Å². The van der Waals surface area contributed by atoms with Crippen LogP contribution < -0.4 is 9.47 Å². The van der Waals surface area contributed by atoms with Crippen molar-refractivity contribution in [3.05, 3.63) is 59.3 Å². The number of ether oxygens (including phenoxy) is 2. The van der Waals surface area contributed by atoms with Crippen molar-refractivity contribution in [2.45, 2.75) is 32.4 Å². The zero-order chi connectivity index (χ0) is 21.2. The molecule has 2 aliphatic rings. The molecule has 8 heteroatoms. The quantitative estimate of drug-likeness (QED) is 0.485. The minimum atomic E-state index is 0. The maximum Gasteiger partial charge on any atom is 0.161 e. The summed E-state index contributed by atoms with van der Waals surface area (Å²) >= 11 is 0. The van der Waals surface area contributed by atoms with Gasteiger partial charge in [-0.05, 0) is 73.2 Å². The number of fused-ring (bicyclic) bond motifs is 2. The number of nitrogens with zero attached hydrogens (tertiary/aromatic N) is 2. The molecule has 5 rings (SSSR count). The van der Waals surface area contributed by atoms with E-state index in [1.807, 2.05) is 0 Å². The predicted molar refractivity (Wildman–Crippen MR) is 143 cm³/mol. The van der Waals surface area contributed by atoms with Gasteiger partial charge in [-0.3, -0.25) is 4.90 Å². The van der Waals surface area contributed by atoms with Gasteiger partial charge in [0.25, 0.3) is 0 Å². The van der Waals surface area contributed by atoms with Crippen molar-refractivity contribution in [2.75, 3.05) is 40.4 Å². The topological polar surface area (TPSA) is 72.2 Å². The lowest BCUT2D eigenvalue weighted by Crippen LogP contribution is -2.28. The number of para-hydroxylation sites is 1. The number of methoxy groups -OCH3 is 2. The summed E-state index contributed by atoms with van der Waals surface area (Å²) in [6.45, 7) is 6.89. The van der Waals surface area contributed by atoms with Crippen LogP contribution in [0.3, 0.4) is 0 Å². The minimum absolute atomic E-state index is 0. The second-order valence-corrected chi connectivity index (χ2v) is 9.06. The van der Waals surface area contributed by atoms with Gasteiger partial charge in [0, 0.05) is 43.3 Å². The monoisotopic (exact) mass is 509 g/mol. The summed E-state index contributed by atoms with van der Waals surface area (Å²) in [7, 11) is 3.42. The van der Waals surface area contributed by atoms with Crippen molar-refractivity contribution in [3.63, 3.8) is 0 Å². The normalized spacial score (nSPS) is 17.5. The van der Waals surface area contributed by atoms with Crippen molar-refractivity contribution in [2.24, 2.45) is 5.92 Å². The number of aromatic nitrogens is 1. The molecule has 3 heterocycles. The fourth-order valence-corrected chi connectivity index (χ4v) is 5.39. The zero-order valence-corrected chi connectivity index (χ0v) is 21.6. The van der Waals surface area contributed by atoms with Crippen LogP contribution in [0, 0.1) is 5.92 Å². The van der Waals surface area contributed by atoms with Crippen LogP contribution in [0.5, 0.6) is 11.5 Å². The van der Waals surface area contributed by atoms with Crippen LogP contribution in [0.2, 0.25) is 0 Å². The average Bonchev–Trinajstić information content (AvgIpc) is 3.51. The highest BCUT2D eigenvalue weighted by atomic mass is 35.5. The molecule has 1 atom stereocenters. The Bertz CT molecular complexity index is 1030. The van der Waals surface area contributed by atoms with E-state index in [9.17, 15) is 0 Å². The van der Waals surface area contributed by atoms with E-state index in [-0.39, 0.29) is 30.3 Å². The number of H-pyrrole nitrogens is 1. The predicted octanol–water partition coefficient (Wildman–Crippen LogP) is 4.47. The van der Waals surface area contributed by atoms with Gasteiger partial charge in [-0.1, -0.05) is 18.2 Å². The molecule has 1 aromatic heterocycles. The molecular weight excluding hydrogens is 473 g/mol. The molecule has 0 spiro atoms. The average molecular weight is 511 g/mol. The van der Waals surface area contributed by atoms with E-state index in [0.29, 0.717) is 0 Å². The molecule has 0 amide bonds. The molecule has 6 nitrogen and oxygen atoms in total. The molecule has 2 aromatic carbocycles. The number of aryl methyl sites for hydroxylation is 1. The summed E-state index contributed by atoms with van der Waals surface area (Å²) in [4.78, 5) is 8.65. The Balaban J connectivity index is 0.00000136. The number of hydrogen-bond donors (Lipinski definition) is 1. The van der Waals surface area contributed by atoms with E-state index >= 15 is 0 Å². The largest absolute Gasteiger partial charge is 0.493 e. The lowest BCUT2D eigenvalue weighted by Gasteiger charge is -2.20. The Labute approximate surface area is 214 Å². The third-order valence-corrected chi connectivity index (χ3v) is 6.98. The van der Waals surface area contributed by atoms with Gasteiger partial charge in [-0.25, -0.2) is 0 Å². The van der Waals surface area contributed by atoms with Gasteiger partial charge in [-0.2, -0.15) is 0 Å². The van der Waals surface area contributed by atoms with E-state index in [1.54, 1.807) is 14.2 Å². The number of aromatic amines is 1. The molecule has 1 saturated heterocycles. The number of rotatable bonds is 8. The molecule has 188 valence electrons. The number of hydrogen-bond acceptors (Lipinski definition) is 4. The molecule has 34 heavy (non-hydrogen) atoms. The summed E-state index contributed by atoms with van der Waals surface area (Å²) in [5.74, 6) is 2.45. The maximum absolute atomic E-state index is 5.48. The fraction of sp³-hybridized carbons (Fsp3) is 0.462. The molecule has 0 bridgehead atoms. The molecule has 0 saturated carbocycles. The molecule has 2 aliphatic heterocycles. The van der Waals surface area contributed by atoms with E-state index in [1.165, 1.54) is 66.6 Å². The van der Waals surface area contributed by atoms with E-state index in [0.717, 1.165) is 36.9 Å². The second-order valence-electron chi connectivity index (χ2n) is 9.06. The lowest BCUT2D eigenvalue weighted by atomic mass is 10.1. The van der Waals surface area contributed by atoms with Crippen molar-refractivity contribution >= 4 is 35.7 Å². The van der Waals surface area contributed by atoms with Gasteiger partial charge in [0.1, 0.15) is 0 Å². The van der Waals surface area contributed by atoms with Gasteiger partial charge in [0.15, 0.2) is 11.5 Å². The van der Waals surface area contributed by atoms with Crippen molar-refractivity contribution in [1.82, 2.24) is 14.8 Å². The van der Waals surface area contributed by atoms with Crippen LogP contribution in [-0.4, -0.2) is 60.7 Å². The molecule has 3 N–H and O–H groups in total. The lowest BCUT2D eigenvalue weighted by molar-refractivity contribution is 0.229. The SMILES string of the molecule is COc1cc2c(cc1OC)CN(CC1CCN(CCCc3c[nH]c4ccccc34)C1)C2.Cl.Cl.O. The maximum atomic E-state index is 5.48. The molecule has 1 fully saturated rings. The summed E-state index contributed by atoms with van der Waals surface area (Å²) in [6.07, 6.45) is 5.87. The van der Waals surface area contributed by atoms with E-state index < -0.39 is 0 Å². The van der Waals surface area contributed by atoms with Crippen LogP contribution in [0.25, 0.3) is 10.9 Å². The van der Waals surface area contributed by atoms with E-state index in [2.05, 4.69) is 57.4 Å². The third-order valence-electron chi connectivity index (χ3n) is 6.98. The van der Waals surface area contributed by atoms with Crippen LogP contribution in [0.4, 0.5) is 0 Å². The van der Waals surface area contributed by atoms with E-state index in [4.69, 9.17) is 9.47 Å². The Morgan fingerprint density at radius 3 is 2.32 bits per heavy atom. The molecule has 0 aliphatic carbocycles. The first-order valence-corrected chi connectivity index (χ1v) is 11.5. The summed E-state index contributed by atoms with van der Waals surface area (Å²) in [5.41, 5.74) is 5.46. The van der Waals surface area contributed by atoms with Crippen molar-refractivity contribution in [1.29, 1.82) is 0 Å². The van der Waals surface area contributed by atoms with Crippen molar-refractivity contribution in [3.8, 4) is 11.5 Å². The fourth-order valence-electron chi connectivity index (χ4n) is 5.39. The highest BCUT2D eigenvalue weighted by molar-refractivity contribution is 5.85. The Kier molecular flexibility index (Phi) is 10.5. The summed E-state index contributed by atoms with van der Waals surface area (Å²) in [5, 5.41) is 1.38. The number of halogens is 2. The first-order valence-electron chi connectivity index (χ1n) is 11.5. The minimum Gasteiger partial charge on any atom is -0.493 e. The second kappa shape index (κ2) is 12.7. The Hall–Kier alpha value is -1.96. The smallest absolute Gasteiger partial charge is 0.161 e. The van der Waals surface area contributed by atoms with Crippen LogP contribution >= 0.6 is 24.8 Å². The van der Waals surface area contributed by atoms with Gasteiger partial charge >= 0.3 is 0 Å². The number of benzene rings is 2. The van der Waals surface area contributed by atoms with Gasteiger partial charge in [0.2, 0.25) is 0 Å². The molecule has 3 aromatic rings. The Morgan fingerprint density at radius 2 is 1.65 bits per heavy atom. The molecular formula is C26H37Cl2N3O3. The summed E-state index contributed by atoms with van der Waals surface area (Å²) in [6, 6.07) is 12.9. The van der Waals surface area contributed by atoms with Gasteiger partial charge in [-0.15, -0.1) is 24.8 Å². The van der Waals surface area contributed by atoms with Crippen LogP contribution in [0.15, 0.2) is 42.6 Å². The number of nitrogens with one attached hydrogen (secondary N) is 1. The van der Waals surface area contributed by atoms with Crippen molar-refractivity contribution < 1.29 is 14.9 Å². The molecule has 1 unspecified atom stereocenters. The van der Waals surface area contributed by atoms with Crippen LogP contribution in [0.1, 0.15) is 29.5 Å². The zero-order valence-electron chi connectivity index (χ0n) is 20.0. The number of likely N-dealkylation sites (tertiary alicyclic amines) is 1. The van der Waals surface area contributed by atoms with Crippen LogP contribution in [-0.2, 0) is 19.5 Å². The standard InChI is InChI=1S/C26H33N3O2.2ClH.H2O/c1-30-25-12-21-17-29(18-22(21)13-26(25)31-2)16-19-9-11-28(15-19)10-5-6-20-14-27-24-8-4-3-7-23(20)24;;;/h3-4,7-8,12-14,19,27H,5-6,9-11,15-18H2,1-2H3;2*1H;1H2. The molecule has 0 radical (unpaired) electrons. The highest BCUT2D eigenvalue weighted by Gasteiger charge is 2.28. The van der Waals surface area contributed by atoms with Gasteiger partial charge in [0.05, 0.1) is 14.2 Å².